The molecule has 0 fully saturated rings. The van der Waals surface area contributed by atoms with Gasteiger partial charge in [-0.15, -0.1) is 0 Å². The maximum Gasteiger partial charge on any atom is 0.269 e. The summed E-state index contributed by atoms with van der Waals surface area (Å²) >= 11 is 0. The first-order chi connectivity index (χ1) is 16.8. The molecule has 0 spiro atoms. The molecule has 0 saturated heterocycles. The van der Waals surface area contributed by atoms with Gasteiger partial charge in [0.05, 0.1) is 21.5 Å². The van der Waals surface area contributed by atoms with Crippen LogP contribution in [0.4, 0.5) is 11.4 Å². The number of nitrogens with one attached hydrogen (secondary N) is 1. The quantitative estimate of drug-likeness (QED) is 0.366. The van der Waals surface area contributed by atoms with Crippen molar-refractivity contribution in [1.29, 1.82) is 0 Å². The number of hydrogen-bond donors (Lipinski definition) is 1. The van der Waals surface area contributed by atoms with Crippen molar-refractivity contribution in [3.05, 3.63) is 99.6 Å². The summed E-state index contributed by atoms with van der Waals surface area (Å²) in [6, 6.07) is 18.8. The molecule has 1 aliphatic rings. The summed E-state index contributed by atoms with van der Waals surface area (Å²) in [4.78, 5) is 23.5. The Morgan fingerprint density at radius 2 is 1.66 bits per heavy atom. The Kier molecular flexibility index (Phi) is 7.16. The van der Waals surface area contributed by atoms with E-state index in [9.17, 15) is 23.3 Å². The number of aryl methyl sites for hydroxylation is 2. The third-order valence-electron chi connectivity index (χ3n) is 6.22. The molecule has 182 valence electrons. The SMILES string of the molecule is C[C@@H](NC(=O)CN(c1ccc([N+](=O)[O-])cc1)S(=O)(=O)c1ccccc1)c1ccc2c(c1)CCCC2. The number of nitrogens with zero attached hydrogens (tertiary/aromatic N) is 2. The van der Waals surface area contributed by atoms with Gasteiger partial charge in [-0.2, -0.15) is 0 Å². The molecule has 35 heavy (non-hydrogen) atoms. The van der Waals surface area contributed by atoms with Crippen LogP contribution in [0.2, 0.25) is 0 Å². The van der Waals surface area contributed by atoms with Crippen LogP contribution < -0.4 is 9.62 Å². The first kappa shape index (κ1) is 24.4. The van der Waals surface area contributed by atoms with E-state index in [4.69, 9.17) is 0 Å². The van der Waals surface area contributed by atoms with E-state index < -0.39 is 27.4 Å². The van der Waals surface area contributed by atoms with Crippen molar-refractivity contribution < 1.29 is 18.1 Å². The van der Waals surface area contributed by atoms with Crippen molar-refractivity contribution in [2.45, 2.75) is 43.5 Å². The van der Waals surface area contributed by atoms with E-state index >= 15 is 0 Å². The molecule has 0 aromatic heterocycles. The summed E-state index contributed by atoms with van der Waals surface area (Å²) in [7, 11) is -4.09. The van der Waals surface area contributed by atoms with Crippen LogP contribution in [0.5, 0.6) is 0 Å². The number of carbonyl (C=O) groups is 1. The van der Waals surface area contributed by atoms with Crippen LogP contribution in [0.3, 0.4) is 0 Å². The van der Waals surface area contributed by atoms with Crippen LogP contribution in [0.1, 0.15) is 42.5 Å². The van der Waals surface area contributed by atoms with Gasteiger partial charge in [0.1, 0.15) is 6.54 Å². The molecule has 4 rings (SSSR count). The number of non-ortho nitro benzene ring substituents is 1. The maximum atomic E-state index is 13.4. The summed E-state index contributed by atoms with van der Waals surface area (Å²) in [5, 5.41) is 13.9. The number of fused-ring (bicyclic) bond motifs is 1. The van der Waals surface area contributed by atoms with Gasteiger partial charge in [-0.3, -0.25) is 19.2 Å². The number of amides is 1. The second-order valence-corrected chi connectivity index (χ2v) is 10.5. The lowest BCUT2D eigenvalue weighted by atomic mass is 9.89. The van der Waals surface area contributed by atoms with Gasteiger partial charge in [-0.05, 0) is 73.6 Å². The lowest BCUT2D eigenvalue weighted by Crippen LogP contribution is -2.41. The molecule has 1 N–H and O–H groups in total. The Labute approximate surface area is 204 Å². The molecule has 1 atom stereocenters. The standard InChI is InChI=1S/C26H27N3O5S/c1-19(21-12-11-20-7-5-6-8-22(20)17-21)27-26(30)18-28(23-13-15-24(16-14-23)29(31)32)35(33,34)25-9-3-2-4-10-25/h2-4,9-17,19H,5-8,18H2,1H3,(H,27,30)/t19-/m1/s1. The van der Waals surface area contributed by atoms with Gasteiger partial charge in [-0.25, -0.2) is 8.42 Å². The lowest BCUT2D eigenvalue weighted by Gasteiger charge is -2.25. The first-order valence-electron chi connectivity index (χ1n) is 11.5. The Hall–Kier alpha value is -3.72. The van der Waals surface area contributed by atoms with Crippen molar-refractivity contribution >= 4 is 27.3 Å². The first-order valence-corrected chi connectivity index (χ1v) is 12.9. The van der Waals surface area contributed by atoms with Gasteiger partial charge in [0.2, 0.25) is 5.91 Å². The number of rotatable bonds is 8. The molecule has 0 heterocycles. The Morgan fingerprint density at radius 3 is 2.31 bits per heavy atom. The normalized spacial score (nSPS) is 14.0. The fourth-order valence-corrected chi connectivity index (χ4v) is 5.74. The van der Waals surface area contributed by atoms with E-state index in [1.165, 1.54) is 53.9 Å². The van der Waals surface area contributed by atoms with Crippen molar-refractivity contribution in [3.63, 3.8) is 0 Å². The fourth-order valence-electron chi connectivity index (χ4n) is 4.30. The molecule has 1 aliphatic carbocycles. The minimum Gasteiger partial charge on any atom is -0.348 e. The average Bonchev–Trinajstić information content (AvgIpc) is 2.87. The number of nitro groups is 1. The molecular weight excluding hydrogens is 466 g/mol. The van der Waals surface area contributed by atoms with Gasteiger partial charge < -0.3 is 5.32 Å². The summed E-state index contributed by atoms with van der Waals surface area (Å²) in [5.41, 5.74) is 3.60. The van der Waals surface area contributed by atoms with E-state index in [0.717, 1.165) is 29.1 Å². The number of carbonyl (C=O) groups excluding carboxylic acids is 1. The van der Waals surface area contributed by atoms with Crippen LogP contribution in [-0.2, 0) is 27.7 Å². The number of nitro benzene ring substituents is 1. The Morgan fingerprint density at radius 1 is 1.00 bits per heavy atom. The molecule has 1 amide bonds. The minimum atomic E-state index is -4.09. The van der Waals surface area contributed by atoms with Crippen molar-refractivity contribution in [2.75, 3.05) is 10.8 Å². The highest BCUT2D eigenvalue weighted by molar-refractivity contribution is 7.92. The van der Waals surface area contributed by atoms with Crippen LogP contribution in [0.15, 0.2) is 77.7 Å². The van der Waals surface area contributed by atoms with Crippen molar-refractivity contribution in [2.24, 2.45) is 0 Å². The fraction of sp³-hybridized carbons (Fsp3) is 0.269. The van der Waals surface area contributed by atoms with Crippen LogP contribution >= 0.6 is 0 Å². The Balaban J connectivity index is 1.58. The van der Waals surface area contributed by atoms with Gasteiger partial charge in [0, 0.05) is 12.1 Å². The largest absolute Gasteiger partial charge is 0.348 e. The average molecular weight is 494 g/mol. The van der Waals surface area contributed by atoms with Gasteiger partial charge >= 0.3 is 0 Å². The smallest absolute Gasteiger partial charge is 0.269 e. The molecule has 0 bridgehead atoms. The number of hydrogen-bond acceptors (Lipinski definition) is 5. The second-order valence-electron chi connectivity index (χ2n) is 8.62. The van der Waals surface area contributed by atoms with E-state index in [0.29, 0.717) is 0 Å². The van der Waals surface area contributed by atoms with Crippen molar-refractivity contribution in [3.8, 4) is 0 Å². The predicted molar refractivity (Wildman–Crippen MR) is 134 cm³/mol. The van der Waals surface area contributed by atoms with Gasteiger partial charge in [0.25, 0.3) is 15.7 Å². The topological polar surface area (TPSA) is 110 Å². The zero-order valence-corrected chi connectivity index (χ0v) is 20.2. The molecule has 0 radical (unpaired) electrons. The zero-order chi connectivity index (χ0) is 25.0. The predicted octanol–water partition coefficient (Wildman–Crippen LogP) is 4.55. The van der Waals surface area contributed by atoms with E-state index in [2.05, 4.69) is 17.4 Å². The number of anilines is 1. The van der Waals surface area contributed by atoms with E-state index in [1.54, 1.807) is 18.2 Å². The summed E-state index contributed by atoms with van der Waals surface area (Å²) < 4.78 is 27.8. The lowest BCUT2D eigenvalue weighted by molar-refractivity contribution is -0.384. The Bertz CT molecular complexity index is 1320. The molecule has 9 heteroatoms. The summed E-state index contributed by atoms with van der Waals surface area (Å²) in [6.07, 6.45) is 4.43. The second kappa shape index (κ2) is 10.3. The van der Waals surface area contributed by atoms with E-state index in [1.807, 2.05) is 13.0 Å². The molecule has 3 aromatic carbocycles. The molecule has 0 aliphatic heterocycles. The molecular formula is C26H27N3O5S. The number of benzene rings is 3. The van der Waals surface area contributed by atoms with Crippen LogP contribution in [-0.4, -0.2) is 25.8 Å². The zero-order valence-electron chi connectivity index (χ0n) is 19.4. The van der Waals surface area contributed by atoms with E-state index in [-0.39, 0.29) is 22.3 Å². The number of sulfonamides is 1. The van der Waals surface area contributed by atoms with Crippen LogP contribution in [0.25, 0.3) is 0 Å². The summed E-state index contributed by atoms with van der Waals surface area (Å²) in [6.45, 7) is 1.40. The highest BCUT2D eigenvalue weighted by Crippen LogP contribution is 2.27. The maximum absolute atomic E-state index is 13.4. The highest BCUT2D eigenvalue weighted by atomic mass is 32.2. The van der Waals surface area contributed by atoms with Gasteiger partial charge in [-0.1, -0.05) is 36.4 Å². The molecule has 3 aromatic rings. The summed E-state index contributed by atoms with van der Waals surface area (Å²) in [5.74, 6) is -0.479. The van der Waals surface area contributed by atoms with Gasteiger partial charge in [0.15, 0.2) is 0 Å². The molecule has 8 nitrogen and oxygen atoms in total. The third kappa shape index (κ3) is 5.51. The minimum absolute atomic E-state index is 0.0221. The van der Waals surface area contributed by atoms with Crippen LogP contribution in [0, 0.1) is 10.1 Å². The molecule has 0 saturated carbocycles. The van der Waals surface area contributed by atoms with Crippen molar-refractivity contribution in [1.82, 2.24) is 5.32 Å². The molecule has 0 unspecified atom stereocenters. The third-order valence-corrected chi connectivity index (χ3v) is 8.01. The highest BCUT2D eigenvalue weighted by Gasteiger charge is 2.28. The monoisotopic (exact) mass is 493 g/mol.